The molecule has 2 atom stereocenters. The first-order valence-corrected chi connectivity index (χ1v) is 8.50. The number of nitrogens with one attached hydrogen (secondary N) is 1. The number of ether oxygens (including phenoxy) is 3. The molecule has 4 rings (SSSR count). The zero-order valence-corrected chi connectivity index (χ0v) is 14.3. The van der Waals surface area contributed by atoms with E-state index in [4.69, 9.17) is 14.2 Å². The highest BCUT2D eigenvalue weighted by Crippen LogP contribution is 2.35. The number of H-pyrrole nitrogens is 1. The molecule has 3 heterocycles. The minimum Gasteiger partial charge on any atom is -0.486 e. The number of carbonyl (C=O) groups excluding carboxylic acids is 1. The molecule has 7 heteroatoms. The van der Waals surface area contributed by atoms with E-state index >= 15 is 0 Å². The van der Waals surface area contributed by atoms with E-state index in [0.29, 0.717) is 43.3 Å². The van der Waals surface area contributed by atoms with Crippen molar-refractivity contribution in [2.75, 3.05) is 26.3 Å². The van der Waals surface area contributed by atoms with Crippen LogP contribution in [0.1, 0.15) is 24.2 Å². The third kappa shape index (κ3) is 3.07. The van der Waals surface area contributed by atoms with E-state index < -0.39 is 0 Å². The van der Waals surface area contributed by atoms with Gasteiger partial charge in [0.2, 0.25) is 0 Å². The summed E-state index contributed by atoms with van der Waals surface area (Å²) in [5.41, 5.74) is 2.09. The van der Waals surface area contributed by atoms with Crippen molar-refractivity contribution in [1.82, 2.24) is 15.1 Å². The average Bonchev–Trinajstić information content (AvgIpc) is 3.09. The lowest BCUT2D eigenvalue weighted by atomic mass is 10.1. The summed E-state index contributed by atoms with van der Waals surface area (Å²) >= 11 is 0. The number of aromatic amines is 1. The Labute approximate surface area is 145 Å². The van der Waals surface area contributed by atoms with Crippen molar-refractivity contribution in [1.29, 1.82) is 0 Å². The maximum absolute atomic E-state index is 13.0. The van der Waals surface area contributed by atoms with E-state index in [1.54, 1.807) is 6.20 Å². The molecule has 2 aromatic rings. The topological polar surface area (TPSA) is 76.7 Å². The summed E-state index contributed by atoms with van der Waals surface area (Å²) in [7, 11) is 0. The zero-order valence-electron chi connectivity index (χ0n) is 14.3. The molecule has 1 aromatic heterocycles. The number of hydrogen-bond donors (Lipinski definition) is 1. The number of carbonyl (C=O) groups is 1. The normalized spacial score (nSPS) is 22.7. The van der Waals surface area contributed by atoms with Gasteiger partial charge < -0.3 is 19.1 Å². The number of hydrogen-bond acceptors (Lipinski definition) is 5. The van der Waals surface area contributed by atoms with Crippen molar-refractivity contribution in [3.63, 3.8) is 0 Å². The van der Waals surface area contributed by atoms with E-state index in [9.17, 15) is 4.79 Å². The van der Waals surface area contributed by atoms with Gasteiger partial charge >= 0.3 is 0 Å². The molecule has 25 heavy (non-hydrogen) atoms. The van der Waals surface area contributed by atoms with Crippen LogP contribution in [-0.4, -0.2) is 59.5 Å². The van der Waals surface area contributed by atoms with Gasteiger partial charge in [-0.3, -0.25) is 9.89 Å². The van der Waals surface area contributed by atoms with Crippen LogP contribution in [-0.2, 0) is 4.74 Å². The number of benzene rings is 1. The fourth-order valence-electron chi connectivity index (χ4n) is 3.38. The monoisotopic (exact) mass is 343 g/mol. The van der Waals surface area contributed by atoms with Gasteiger partial charge in [0.1, 0.15) is 13.2 Å². The molecular weight excluding hydrogens is 322 g/mol. The Hall–Kier alpha value is -2.54. The number of morpholine rings is 1. The number of amides is 1. The van der Waals surface area contributed by atoms with Crippen LogP contribution in [0.15, 0.2) is 24.4 Å². The van der Waals surface area contributed by atoms with Crippen molar-refractivity contribution < 1.29 is 19.0 Å². The van der Waals surface area contributed by atoms with Crippen LogP contribution >= 0.6 is 0 Å². The first kappa shape index (κ1) is 16.0. The van der Waals surface area contributed by atoms with Gasteiger partial charge in [-0.25, -0.2) is 0 Å². The first-order chi connectivity index (χ1) is 12.1. The third-order valence-electron chi connectivity index (χ3n) is 4.41. The molecule has 0 spiro atoms. The molecule has 1 aromatic carbocycles. The van der Waals surface area contributed by atoms with E-state index in [0.717, 1.165) is 11.3 Å². The Morgan fingerprint density at radius 1 is 1.16 bits per heavy atom. The number of aromatic nitrogens is 2. The number of fused-ring (bicyclic) bond motifs is 1. The third-order valence-corrected chi connectivity index (χ3v) is 4.41. The molecule has 132 valence electrons. The van der Waals surface area contributed by atoms with Crippen molar-refractivity contribution in [2.24, 2.45) is 0 Å². The van der Waals surface area contributed by atoms with Gasteiger partial charge in [0.25, 0.3) is 5.91 Å². The van der Waals surface area contributed by atoms with Crippen LogP contribution in [0, 0.1) is 0 Å². The average molecular weight is 343 g/mol. The van der Waals surface area contributed by atoms with Gasteiger partial charge in [0.15, 0.2) is 11.5 Å². The molecule has 7 nitrogen and oxygen atoms in total. The molecule has 1 saturated heterocycles. The Bertz CT molecular complexity index is 778. The Kier molecular flexibility index (Phi) is 4.09. The molecule has 1 fully saturated rings. The smallest absolute Gasteiger partial charge is 0.257 e. The van der Waals surface area contributed by atoms with Crippen LogP contribution in [0.2, 0.25) is 0 Å². The zero-order chi connectivity index (χ0) is 17.4. The van der Waals surface area contributed by atoms with Crippen molar-refractivity contribution >= 4 is 5.91 Å². The fraction of sp³-hybridized carbons (Fsp3) is 0.444. The van der Waals surface area contributed by atoms with Gasteiger partial charge in [-0.15, -0.1) is 0 Å². The number of rotatable bonds is 2. The van der Waals surface area contributed by atoms with Gasteiger partial charge in [-0.1, -0.05) is 0 Å². The molecule has 0 radical (unpaired) electrons. The molecule has 1 N–H and O–H groups in total. The summed E-state index contributed by atoms with van der Waals surface area (Å²) in [6.07, 6.45) is 1.63. The summed E-state index contributed by atoms with van der Waals surface area (Å²) in [6.45, 7) is 6.19. The molecule has 2 aliphatic rings. The lowest BCUT2D eigenvalue weighted by molar-refractivity contribution is -0.0586. The lowest BCUT2D eigenvalue weighted by Crippen LogP contribution is -2.48. The molecule has 0 bridgehead atoms. The summed E-state index contributed by atoms with van der Waals surface area (Å²) in [4.78, 5) is 14.8. The van der Waals surface area contributed by atoms with Gasteiger partial charge in [0.05, 0.1) is 29.7 Å². The van der Waals surface area contributed by atoms with Crippen LogP contribution in [0.25, 0.3) is 11.3 Å². The summed E-state index contributed by atoms with van der Waals surface area (Å²) < 4.78 is 16.9. The van der Waals surface area contributed by atoms with E-state index in [2.05, 4.69) is 10.2 Å². The van der Waals surface area contributed by atoms with Crippen molar-refractivity contribution in [3.05, 3.63) is 30.0 Å². The highest BCUT2D eigenvalue weighted by Gasteiger charge is 2.29. The molecule has 2 aliphatic heterocycles. The maximum Gasteiger partial charge on any atom is 0.257 e. The molecule has 1 amide bonds. The SMILES string of the molecule is C[C@@H]1CN(C(=O)c2cn[nH]c2-c2ccc3c(c2)OCCO3)C[C@H](C)O1. The van der Waals surface area contributed by atoms with Crippen molar-refractivity contribution in [3.8, 4) is 22.8 Å². The van der Waals surface area contributed by atoms with Gasteiger partial charge in [-0.2, -0.15) is 5.10 Å². The second-order valence-corrected chi connectivity index (χ2v) is 6.48. The van der Waals surface area contributed by atoms with Crippen LogP contribution in [0.3, 0.4) is 0 Å². The summed E-state index contributed by atoms with van der Waals surface area (Å²) in [5.74, 6) is 1.37. The number of nitrogens with zero attached hydrogens (tertiary/aromatic N) is 2. The highest BCUT2D eigenvalue weighted by atomic mass is 16.6. The van der Waals surface area contributed by atoms with E-state index in [1.807, 2.05) is 36.9 Å². The predicted molar refractivity (Wildman–Crippen MR) is 90.9 cm³/mol. The first-order valence-electron chi connectivity index (χ1n) is 8.50. The Balaban J connectivity index is 1.63. The molecule has 0 saturated carbocycles. The van der Waals surface area contributed by atoms with Crippen LogP contribution in [0.4, 0.5) is 0 Å². The minimum atomic E-state index is -0.0411. The highest BCUT2D eigenvalue weighted by molar-refractivity contribution is 6.00. The largest absolute Gasteiger partial charge is 0.486 e. The Morgan fingerprint density at radius 3 is 2.64 bits per heavy atom. The molecular formula is C18H21N3O4. The standard InChI is InChI=1S/C18H21N3O4/c1-11-9-21(10-12(2)25-11)18(22)14-8-19-20-17(14)13-3-4-15-16(7-13)24-6-5-23-15/h3-4,7-8,11-12H,5-6,9-10H2,1-2H3,(H,19,20)/t11-,12+. The van der Waals surface area contributed by atoms with Crippen LogP contribution < -0.4 is 9.47 Å². The second-order valence-electron chi connectivity index (χ2n) is 6.48. The van der Waals surface area contributed by atoms with E-state index in [1.165, 1.54) is 0 Å². The van der Waals surface area contributed by atoms with E-state index in [-0.39, 0.29) is 18.1 Å². The molecule has 0 unspecified atom stereocenters. The fourth-order valence-corrected chi connectivity index (χ4v) is 3.38. The quantitative estimate of drug-likeness (QED) is 0.904. The van der Waals surface area contributed by atoms with Gasteiger partial charge in [0, 0.05) is 18.7 Å². The maximum atomic E-state index is 13.0. The Morgan fingerprint density at radius 2 is 1.88 bits per heavy atom. The lowest BCUT2D eigenvalue weighted by Gasteiger charge is -2.35. The predicted octanol–water partition coefficient (Wildman–Crippen LogP) is 2.10. The summed E-state index contributed by atoms with van der Waals surface area (Å²) in [5, 5.41) is 7.03. The van der Waals surface area contributed by atoms with Crippen LogP contribution in [0.5, 0.6) is 11.5 Å². The summed E-state index contributed by atoms with van der Waals surface area (Å²) in [6, 6.07) is 5.64. The minimum absolute atomic E-state index is 0.0253. The second kappa shape index (κ2) is 6.40. The molecule has 0 aliphatic carbocycles. The van der Waals surface area contributed by atoms with Gasteiger partial charge in [-0.05, 0) is 32.0 Å². The van der Waals surface area contributed by atoms with Crippen molar-refractivity contribution in [2.45, 2.75) is 26.1 Å².